The summed E-state index contributed by atoms with van der Waals surface area (Å²) in [5.41, 5.74) is 2.74. The second kappa shape index (κ2) is 7.73. The quantitative estimate of drug-likeness (QED) is 0.821. The number of ketones is 1. The van der Waals surface area contributed by atoms with Crippen LogP contribution in [0.25, 0.3) is 11.0 Å². The molecule has 2 aromatic rings. The molecule has 1 aliphatic heterocycles. The van der Waals surface area contributed by atoms with Crippen LogP contribution < -0.4 is 0 Å². The number of hydrogen-bond acceptors (Lipinski definition) is 3. The zero-order chi connectivity index (χ0) is 16.1. The lowest BCUT2D eigenvalue weighted by atomic mass is 10.1. The fourth-order valence-corrected chi connectivity index (χ4v) is 3.35. The summed E-state index contributed by atoms with van der Waals surface area (Å²) in [5.74, 6) is 1.25. The molecule has 2 heterocycles. The van der Waals surface area contributed by atoms with Gasteiger partial charge in [-0.15, -0.1) is 0 Å². The largest absolute Gasteiger partial charge is 0.342 e. The third kappa shape index (κ3) is 4.20. The topological polar surface area (TPSA) is 49.0 Å². The second-order valence-corrected chi connectivity index (χ2v) is 6.59. The van der Waals surface area contributed by atoms with Gasteiger partial charge in [0, 0.05) is 24.9 Å². The molecule has 0 unspecified atom stereocenters. The monoisotopic (exact) mass is 313 g/mol. The summed E-state index contributed by atoms with van der Waals surface area (Å²) in [5, 5.41) is 0. The molecule has 3 rings (SSSR count). The maximum Gasteiger partial charge on any atom is 0.164 e. The van der Waals surface area contributed by atoms with Gasteiger partial charge in [0.25, 0.3) is 0 Å². The lowest BCUT2D eigenvalue weighted by molar-refractivity contribution is 0.0965. The minimum Gasteiger partial charge on any atom is -0.342 e. The first-order valence-electron chi connectivity index (χ1n) is 9.00. The Kier molecular flexibility index (Phi) is 5.44. The lowest BCUT2D eigenvalue weighted by Crippen LogP contribution is -2.27. The predicted octanol–water partition coefficient (Wildman–Crippen LogP) is 3.96. The smallest absolute Gasteiger partial charge is 0.164 e. The van der Waals surface area contributed by atoms with E-state index in [-0.39, 0.29) is 5.78 Å². The van der Waals surface area contributed by atoms with Gasteiger partial charge in [-0.1, -0.05) is 19.8 Å². The maximum absolute atomic E-state index is 12.5. The summed E-state index contributed by atoms with van der Waals surface area (Å²) in [4.78, 5) is 22.8. The highest BCUT2D eigenvalue weighted by Crippen LogP contribution is 2.17. The van der Waals surface area contributed by atoms with Crippen LogP contribution >= 0.6 is 0 Å². The van der Waals surface area contributed by atoms with E-state index in [1.165, 1.54) is 25.7 Å². The molecule has 0 radical (unpaired) electrons. The molecule has 4 heteroatoms. The van der Waals surface area contributed by atoms with Gasteiger partial charge in [-0.2, -0.15) is 0 Å². The number of aromatic nitrogens is 2. The van der Waals surface area contributed by atoms with Crippen LogP contribution in [0.15, 0.2) is 18.2 Å². The summed E-state index contributed by atoms with van der Waals surface area (Å²) in [6.07, 6.45) is 7.85. The molecule has 1 fully saturated rings. The predicted molar refractivity (Wildman–Crippen MR) is 93.9 cm³/mol. The van der Waals surface area contributed by atoms with Gasteiger partial charge in [0.15, 0.2) is 5.78 Å². The normalized spacial score (nSPS) is 16.6. The Hall–Kier alpha value is -1.68. The van der Waals surface area contributed by atoms with Crippen molar-refractivity contribution >= 4 is 16.8 Å². The van der Waals surface area contributed by atoms with Gasteiger partial charge in [0.1, 0.15) is 5.82 Å². The Labute approximate surface area is 138 Å². The van der Waals surface area contributed by atoms with Gasteiger partial charge in [-0.05, 0) is 50.6 Å². The Morgan fingerprint density at radius 2 is 2.00 bits per heavy atom. The first kappa shape index (κ1) is 16.2. The number of nitrogens with one attached hydrogen (secondary N) is 1. The van der Waals surface area contributed by atoms with E-state index in [0.717, 1.165) is 54.9 Å². The Morgan fingerprint density at radius 1 is 1.22 bits per heavy atom. The summed E-state index contributed by atoms with van der Waals surface area (Å²) in [7, 11) is 0. The molecule has 1 aliphatic rings. The Morgan fingerprint density at radius 3 is 2.74 bits per heavy atom. The van der Waals surface area contributed by atoms with Gasteiger partial charge in [-0.25, -0.2) is 4.98 Å². The van der Waals surface area contributed by atoms with Crippen LogP contribution in [0.4, 0.5) is 0 Å². The van der Waals surface area contributed by atoms with Gasteiger partial charge in [-0.3, -0.25) is 4.79 Å². The number of carbonyl (C=O) groups excluding carboxylic acids is 1. The summed E-state index contributed by atoms with van der Waals surface area (Å²) >= 11 is 0. The van der Waals surface area contributed by atoms with Crippen molar-refractivity contribution in [3.05, 3.63) is 29.6 Å². The van der Waals surface area contributed by atoms with Crippen LogP contribution in [0.1, 0.15) is 61.6 Å². The molecule has 0 saturated carbocycles. The number of imidazole rings is 1. The molecule has 1 aromatic carbocycles. The van der Waals surface area contributed by atoms with Crippen LogP contribution in [-0.4, -0.2) is 40.3 Å². The maximum atomic E-state index is 12.5. The molecule has 1 N–H and O–H groups in total. The number of likely N-dealkylation sites (tertiary alicyclic amines) is 1. The number of carbonyl (C=O) groups is 1. The molecule has 0 atom stereocenters. The first-order chi connectivity index (χ1) is 11.3. The highest BCUT2D eigenvalue weighted by Gasteiger charge is 2.13. The van der Waals surface area contributed by atoms with Crippen LogP contribution in [0.3, 0.4) is 0 Å². The van der Waals surface area contributed by atoms with Crippen LogP contribution in [0.2, 0.25) is 0 Å². The van der Waals surface area contributed by atoms with Crippen molar-refractivity contribution in [2.24, 2.45) is 0 Å². The molecule has 124 valence electrons. The SMILES string of the molecule is CCCc1nc2ccc(C(=O)CCN3CCCCCC3)cc2[nH]1. The number of aromatic amines is 1. The number of aryl methyl sites for hydroxylation is 1. The van der Waals surface area contributed by atoms with Gasteiger partial charge >= 0.3 is 0 Å². The average molecular weight is 313 g/mol. The number of Topliss-reactive ketones (excluding diaryl/α,β-unsaturated/α-hetero) is 1. The number of fused-ring (bicyclic) bond motifs is 1. The molecule has 1 saturated heterocycles. The number of H-pyrrole nitrogens is 1. The van der Waals surface area contributed by atoms with Crippen molar-refractivity contribution in [1.82, 2.24) is 14.9 Å². The summed E-state index contributed by atoms with van der Waals surface area (Å²) < 4.78 is 0. The average Bonchev–Trinajstić information content (AvgIpc) is 2.78. The van der Waals surface area contributed by atoms with E-state index in [1.807, 2.05) is 18.2 Å². The van der Waals surface area contributed by atoms with E-state index in [0.29, 0.717) is 6.42 Å². The van der Waals surface area contributed by atoms with Crippen molar-refractivity contribution in [1.29, 1.82) is 0 Å². The second-order valence-electron chi connectivity index (χ2n) is 6.59. The third-order valence-corrected chi connectivity index (χ3v) is 4.69. The molecule has 0 amide bonds. The van der Waals surface area contributed by atoms with Gasteiger partial charge in [0.05, 0.1) is 11.0 Å². The van der Waals surface area contributed by atoms with Crippen molar-refractivity contribution in [3.63, 3.8) is 0 Å². The van der Waals surface area contributed by atoms with E-state index < -0.39 is 0 Å². The van der Waals surface area contributed by atoms with Crippen molar-refractivity contribution < 1.29 is 4.79 Å². The standard InChI is InChI=1S/C19H27N3O/c1-2-7-19-20-16-9-8-15(14-17(16)21-19)18(23)10-13-22-11-5-3-4-6-12-22/h8-9,14H,2-7,10-13H2,1H3,(H,20,21). The Balaban J connectivity index is 1.63. The number of hydrogen-bond donors (Lipinski definition) is 1. The fourth-order valence-electron chi connectivity index (χ4n) is 3.35. The van der Waals surface area contributed by atoms with Crippen LogP contribution in [0.5, 0.6) is 0 Å². The number of nitrogens with zero attached hydrogens (tertiary/aromatic N) is 2. The fraction of sp³-hybridized carbons (Fsp3) is 0.579. The van der Waals surface area contributed by atoms with Crippen molar-refractivity contribution in [2.45, 2.75) is 51.9 Å². The van der Waals surface area contributed by atoms with Crippen molar-refractivity contribution in [2.75, 3.05) is 19.6 Å². The van der Waals surface area contributed by atoms with E-state index in [2.05, 4.69) is 21.8 Å². The molecule has 0 spiro atoms. The molecular formula is C19H27N3O. The minimum atomic E-state index is 0.239. The van der Waals surface area contributed by atoms with E-state index in [1.54, 1.807) is 0 Å². The van der Waals surface area contributed by atoms with Crippen LogP contribution in [0, 0.1) is 0 Å². The number of rotatable bonds is 6. The molecular weight excluding hydrogens is 286 g/mol. The zero-order valence-corrected chi connectivity index (χ0v) is 14.1. The highest BCUT2D eigenvalue weighted by atomic mass is 16.1. The van der Waals surface area contributed by atoms with E-state index in [9.17, 15) is 4.79 Å². The van der Waals surface area contributed by atoms with Crippen LogP contribution in [-0.2, 0) is 6.42 Å². The van der Waals surface area contributed by atoms with Gasteiger partial charge in [0.2, 0.25) is 0 Å². The molecule has 1 aromatic heterocycles. The molecule has 4 nitrogen and oxygen atoms in total. The summed E-state index contributed by atoms with van der Waals surface area (Å²) in [6.45, 7) is 5.33. The molecule has 0 bridgehead atoms. The lowest BCUT2D eigenvalue weighted by Gasteiger charge is -2.18. The van der Waals surface area contributed by atoms with Crippen molar-refractivity contribution in [3.8, 4) is 0 Å². The molecule has 0 aliphatic carbocycles. The third-order valence-electron chi connectivity index (χ3n) is 4.69. The van der Waals surface area contributed by atoms with E-state index in [4.69, 9.17) is 0 Å². The van der Waals surface area contributed by atoms with Gasteiger partial charge < -0.3 is 9.88 Å². The minimum absolute atomic E-state index is 0.239. The first-order valence-corrected chi connectivity index (χ1v) is 9.00. The zero-order valence-electron chi connectivity index (χ0n) is 14.1. The molecule has 23 heavy (non-hydrogen) atoms. The summed E-state index contributed by atoms with van der Waals surface area (Å²) in [6, 6.07) is 5.85. The van der Waals surface area contributed by atoms with E-state index >= 15 is 0 Å². The Bertz CT molecular complexity index is 654. The number of benzene rings is 1. The highest BCUT2D eigenvalue weighted by molar-refractivity contribution is 5.99.